The fourth-order valence-electron chi connectivity index (χ4n) is 3.31. The molecule has 0 aliphatic rings. The molecule has 0 saturated heterocycles. The summed E-state index contributed by atoms with van der Waals surface area (Å²) >= 11 is 7.70. The lowest BCUT2D eigenvalue weighted by molar-refractivity contribution is 0.661. The number of hydrogen-bond donors (Lipinski definition) is 1. The first-order chi connectivity index (χ1) is 14.2. The van der Waals surface area contributed by atoms with E-state index in [2.05, 4.69) is 68.0 Å². The zero-order valence-corrected chi connectivity index (χ0v) is 17.8. The second-order valence-electron chi connectivity index (χ2n) is 6.89. The van der Waals surface area contributed by atoms with Gasteiger partial charge in [0, 0.05) is 48.0 Å². The summed E-state index contributed by atoms with van der Waals surface area (Å²) in [6, 6.07) is 16.6. The van der Waals surface area contributed by atoms with Crippen LogP contribution in [-0.2, 0) is 20.1 Å². The summed E-state index contributed by atoms with van der Waals surface area (Å²) in [7, 11) is 1.86. The van der Waals surface area contributed by atoms with Crippen LogP contribution in [0.5, 0.6) is 0 Å². The highest BCUT2D eigenvalue weighted by Crippen LogP contribution is 2.23. The lowest BCUT2D eigenvalue weighted by Gasteiger charge is -2.05. The molecule has 2 aromatic carbocycles. The average Bonchev–Trinajstić information content (AvgIpc) is 3.30. The molecule has 29 heavy (non-hydrogen) atoms. The van der Waals surface area contributed by atoms with E-state index in [9.17, 15) is 0 Å². The average molecular weight is 427 g/mol. The predicted molar refractivity (Wildman–Crippen MR) is 118 cm³/mol. The molecule has 0 bridgehead atoms. The maximum Gasteiger partial charge on any atom is 0.209 e. The fraction of sp³-hybridized carbons (Fsp3) is 0.286. The smallest absolute Gasteiger partial charge is 0.209 e. The molecule has 0 saturated carbocycles. The van der Waals surface area contributed by atoms with Crippen molar-refractivity contribution in [2.75, 3.05) is 12.3 Å². The van der Waals surface area contributed by atoms with Crippen molar-refractivity contribution < 1.29 is 0 Å². The van der Waals surface area contributed by atoms with E-state index in [-0.39, 0.29) is 0 Å². The van der Waals surface area contributed by atoms with Crippen LogP contribution in [0.2, 0.25) is 5.02 Å². The second-order valence-corrected chi connectivity index (χ2v) is 8.39. The van der Waals surface area contributed by atoms with Crippen LogP contribution in [0.1, 0.15) is 17.5 Å². The Morgan fingerprint density at radius 2 is 1.93 bits per heavy atom. The van der Waals surface area contributed by atoms with E-state index in [0.29, 0.717) is 0 Å². The number of aryl methyl sites for hydroxylation is 1. The molecule has 2 heterocycles. The summed E-state index contributed by atoms with van der Waals surface area (Å²) < 4.78 is 4.01. The van der Waals surface area contributed by atoms with Gasteiger partial charge in [0.15, 0.2) is 0 Å². The first-order valence-corrected chi connectivity index (χ1v) is 10.9. The Hall–Kier alpha value is -2.35. The van der Waals surface area contributed by atoms with Crippen molar-refractivity contribution in [3.63, 3.8) is 0 Å². The molecular weight excluding hydrogens is 404 g/mol. The third kappa shape index (κ3) is 4.98. The Morgan fingerprint density at radius 3 is 2.72 bits per heavy atom. The van der Waals surface area contributed by atoms with Crippen LogP contribution in [0.4, 0.5) is 0 Å². The number of nitrogens with one attached hydrogen (secondary N) is 1. The molecule has 0 fully saturated rings. The SMILES string of the molecule is Cn1nnnc1SCCCNCc1cn(Cc2ccc(Cl)cc2)c2ccccc12. The summed E-state index contributed by atoms with van der Waals surface area (Å²) in [5.74, 6) is 0.986. The highest BCUT2D eigenvalue weighted by Gasteiger charge is 2.08. The van der Waals surface area contributed by atoms with Gasteiger partial charge in [-0.3, -0.25) is 0 Å². The predicted octanol–water partition coefficient (Wildman–Crippen LogP) is 4.14. The molecule has 0 amide bonds. The molecule has 6 nitrogen and oxygen atoms in total. The van der Waals surface area contributed by atoms with Crippen molar-refractivity contribution in [1.82, 2.24) is 30.1 Å². The van der Waals surface area contributed by atoms with E-state index in [0.717, 1.165) is 42.0 Å². The monoisotopic (exact) mass is 426 g/mol. The molecule has 8 heteroatoms. The number of para-hydroxylation sites is 1. The number of hydrogen-bond acceptors (Lipinski definition) is 5. The van der Waals surface area contributed by atoms with Crippen LogP contribution in [0, 0.1) is 0 Å². The number of fused-ring (bicyclic) bond motifs is 1. The summed E-state index contributed by atoms with van der Waals surface area (Å²) in [6.07, 6.45) is 3.31. The molecule has 150 valence electrons. The number of nitrogens with zero attached hydrogens (tertiary/aromatic N) is 5. The van der Waals surface area contributed by atoms with Gasteiger partial charge in [0.25, 0.3) is 0 Å². The van der Waals surface area contributed by atoms with Crippen molar-refractivity contribution in [2.45, 2.75) is 24.7 Å². The molecule has 4 aromatic rings. The van der Waals surface area contributed by atoms with Crippen molar-refractivity contribution >= 4 is 34.3 Å². The minimum absolute atomic E-state index is 0.768. The first kappa shape index (κ1) is 19.9. The van der Waals surface area contributed by atoms with E-state index in [4.69, 9.17) is 11.6 Å². The van der Waals surface area contributed by atoms with Crippen LogP contribution >= 0.6 is 23.4 Å². The van der Waals surface area contributed by atoms with Gasteiger partial charge in [-0.05, 0) is 52.7 Å². The maximum atomic E-state index is 6.02. The summed E-state index contributed by atoms with van der Waals surface area (Å²) in [6.45, 7) is 2.64. The zero-order valence-electron chi connectivity index (χ0n) is 16.3. The van der Waals surface area contributed by atoms with Crippen molar-refractivity contribution in [1.29, 1.82) is 0 Å². The van der Waals surface area contributed by atoms with E-state index in [1.54, 1.807) is 16.4 Å². The number of tetrazole rings is 1. The minimum atomic E-state index is 0.768. The fourth-order valence-corrected chi connectivity index (χ4v) is 4.22. The Morgan fingerprint density at radius 1 is 1.10 bits per heavy atom. The van der Waals surface area contributed by atoms with Gasteiger partial charge < -0.3 is 9.88 Å². The lowest BCUT2D eigenvalue weighted by atomic mass is 10.2. The molecule has 0 atom stereocenters. The number of aromatic nitrogens is 5. The van der Waals surface area contributed by atoms with Gasteiger partial charge in [-0.2, -0.15) is 0 Å². The summed E-state index contributed by atoms with van der Waals surface area (Å²) in [4.78, 5) is 0. The molecule has 0 spiro atoms. The molecule has 1 N–H and O–H groups in total. The molecule has 0 aliphatic heterocycles. The standard InChI is InChI=1S/C21H23ClN6S/c1-27-21(24-25-26-27)29-12-4-11-23-13-17-15-28(20-6-3-2-5-19(17)20)14-16-7-9-18(22)10-8-16/h2-3,5-10,15,23H,4,11-14H2,1H3. The van der Waals surface area contributed by atoms with E-state index >= 15 is 0 Å². The molecule has 0 aliphatic carbocycles. The highest BCUT2D eigenvalue weighted by molar-refractivity contribution is 7.99. The zero-order chi connectivity index (χ0) is 20.1. The van der Waals surface area contributed by atoms with E-state index in [1.807, 2.05) is 19.2 Å². The number of rotatable bonds is 9. The Labute approximate surface area is 179 Å². The van der Waals surface area contributed by atoms with Gasteiger partial charge in [0.1, 0.15) is 0 Å². The first-order valence-electron chi connectivity index (χ1n) is 9.58. The third-order valence-electron chi connectivity index (χ3n) is 4.76. The van der Waals surface area contributed by atoms with E-state index < -0.39 is 0 Å². The number of halogens is 1. The van der Waals surface area contributed by atoms with Gasteiger partial charge in [-0.1, -0.05) is 53.7 Å². The second kappa shape index (κ2) is 9.43. The third-order valence-corrected chi connectivity index (χ3v) is 6.11. The quantitative estimate of drug-likeness (QED) is 0.322. The normalized spacial score (nSPS) is 11.4. The topological polar surface area (TPSA) is 60.6 Å². The molecular formula is C21H23ClN6S. The summed E-state index contributed by atoms with van der Waals surface area (Å²) in [5, 5.41) is 18.0. The Kier molecular flexibility index (Phi) is 6.49. The van der Waals surface area contributed by atoms with Gasteiger partial charge in [-0.25, -0.2) is 4.68 Å². The number of thioether (sulfide) groups is 1. The van der Waals surface area contributed by atoms with Crippen LogP contribution in [0.25, 0.3) is 10.9 Å². The minimum Gasteiger partial charge on any atom is -0.343 e. The van der Waals surface area contributed by atoms with Gasteiger partial charge in [0.05, 0.1) is 0 Å². The molecule has 0 radical (unpaired) electrons. The van der Waals surface area contributed by atoms with Gasteiger partial charge in [0.2, 0.25) is 5.16 Å². The van der Waals surface area contributed by atoms with Gasteiger partial charge >= 0.3 is 0 Å². The Balaban J connectivity index is 1.35. The highest BCUT2D eigenvalue weighted by atomic mass is 35.5. The van der Waals surface area contributed by atoms with Gasteiger partial charge in [-0.15, -0.1) is 5.10 Å². The largest absolute Gasteiger partial charge is 0.343 e. The summed E-state index contributed by atoms with van der Waals surface area (Å²) in [5.41, 5.74) is 3.81. The van der Waals surface area contributed by atoms with Crippen LogP contribution in [-0.4, -0.2) is 37.1 Å². The van der Waals surface area contributed by atoms with Crippen molar-refractivity contribution in [2.24, 2.45) is 7.05 Å². The van der Waals surface area contributed by atoms with Crippen LogP contribution in [0.15, 0.2) is 59.9 Å². The lowest BCUT2D eigenvalue weighted by Crippen LogP contribution is -2.15. The van der Waals surface area contributed by atoms with Crippen molar-refractivity contribution in [3.8, 4) is 0 Å². The maximum absolute atomic E-state index is 6.02. The van der Waals surface area contributed by atoms with Crippen LogP contribution < -0.4 is 5.32 Å². The molecule has 0 unspecified atom stereocenters. The number of benzene rings is 2. The van der Waals surface area contributed by atoms with E-state index in [1.165, 1.54) is 22.0 Å². The molecule has 2 aromatic heterocycles. The van der Waals surface area contributed by atoms with Crippen molar-refractivity contribution in [3.05, 3.63) is 70.9 Å². The van der Waals surface area contributed by atoms with Crippen LogP contribution in [0.3, 0.4) is 0 Å². The molecule has 4 rings (SSSR count). The Bertz CT molecular complexity index is 1070.